The van der Waals surface area contributed by atoms with Crippen molar-refractivity contribution in [1.82, 2.24) is 20.2 Å². The molecule has 25 heavy (non-hydrogen) atoms. The topological polar surface area (TPSA) is 81.9 Å². The van der Waals surface area contributed by atoms with E-state index in [1.54, 1.807) is 6.92 Å². The van der Waals surface area contributed by atoms with Gasteiger partial charge < -0.3 is 10.1 Å². The lowest BCUT2D eigenvalue weighted by Crippen LogP contribution is -2.30. The van der Waals surface area contributed by atoms with Gasteiger partial charge in [-0.3, -0.25) is 0 Å². The Labute approximate surface area is 142 Å². The Hall–Kier alpha value is -2.84. The van der Waals surface area contributed by atoms with Crippen molar-refractivity contribution in [2.24, 2.45) is 0 Å². The van der Waals surface area contributed by atoms with E-state index in [-0.39, 0.29) is 12.2 Å². The highest BCUT2D eigenvalue weighted by molar-refractivity contribution is 5.92. The van der Waals surface area contributed by atoms with Gasteiger partial charge in [-0.2, -0.15) is 4.68 Å². The number of fused-ring (bicyclic) bond motifs is 1. The van der Waals surface area contributed by atoms with E-state index >= 15 is 0 Å². The minimum atomic E-state index is -1.01. The number of anilines is 1. The summed E-state index contributed by atoms with van der Waals surface area (Å²) < 4.78 is 33.6. The monoisotopic (exact) mass is 349 g/mol. The average molecular weight is 349 g/mol. The molecule has 3 rings (SSSR count). The van der Waals surface area contributed by atoms with Gasteiger partial charge in [0, 0.05) is 5.70 Å². The minimum Gasteiger partial charge on any atom is -0.463 e. The number of halogens is 2. The van der Waals surface area contributed by atoms with E-state index < -0.39 is 23.6 Å². The number of carbonyl (C=O) groups is 1. The summed E-state index contributed by atoms with van der Waals surface area (Å²) in [5.41, 5.74) is 1.25. The van der Waals surface area contributed by atoms with Crippen molar-refractivity contribution < 1.29 is 18.3 Å². The maximum atomic E-state index is 13.8. The predicted molar refractivity (Wildman–Crippen MR) is 84.5 cm³/mol. The Morgan fingerprint density at radius 1 is 1.32 bits per heavy atom. The van der Waals surface area contributed by atoms with Crippen LogP contribution in [0.3, 0.4) is 0 Å². The largest absolute Gasteiger partial charge is 0.463 e. The standard InChI is InChI=1S/C16H17F2N5O2/c1-3-5-12-13(15(24)25-4-2)14(23-16(19-12)20-21-22-23)9-6-7-10(17)11(18)8-9/h6-8,14H,3-5H2,1-2H3,(H,19,20,22)/t14-/m1/s1. The predicted octanol–water partition coefficient (Wildman–Crippen LogP) is 2.58. The van der Waals surface area contributed by atoms with Crippen LogP contribution in [0.4, 0.5) is 14.7 Å². The maximum absolute atomic E-state index is 13.8. The van der Waals surface area contributed by atoms with Crippen molar-refractivity contribution >= 4 is 11.9 Å². The molecule has 1 aromatic carbocycles. The molecule has 1 aliphatic rings. The van der Waals surface area contributed by atoms with Gasteiger partial charge in [0.2, 0.25) is 5.95 Å². The van der Waals surface area contributed by atoms with E-state index in [9.17, 15) is 13.6 Å². The second-order valence-corrected chi connectivity index (χ2v) is 5.51. The molecular formula is C16H17F2N5O2. The summed E-state index contributed by atoms with van der Waals surface area (Å²) in [6.45, 7) is 3.85. The van der Waals surface area contributed by atoms with Gasteiger partial charge in [0.25, 0.3) is 0 Å². The molecule has 0 amide bonds. The highest BCUT2D eigenvalue weighted by Gasteiger charge is 2.36. The maximum Gasteiger partial charge on any atom is 0.338 e. The van der Waals surface area contributed by atoms with Crippen molar-refractivity contribution in [2.75, 3.05) is 11.9 Å². The second-order valence-electron chi connectivity index (χ2n) is 5.51. The van der Waals surface area contributed by atoms with Crippen molar-refractivity contribution in [3.05, 3.63) is 46.7 Å². The fourth-order valence-electron chi connectivity index (χ4n) is 2.82. The minimum absolute atomic E-state index is 0.189. The second kappa shape index (κ2) is 6.96. The molecule has 0 fully saturated rings. The molecule has 0 aliphatic carbocycles. The summed E-state index contributed by atoms with van der Waals surface area (Å²) >= 11 is 0. The average Bonchev–Trinajstić information content (AvgIpc) is 3.04. The van der Waals surface area contributed by atoms with Gasteiger partial charge in [-0.05, 0) is 41.5 Å². The molecule has 1 aliphatic heterocycles. The number of rotatable bonds is 5. The lowest BCUT2D eigenvalue weighted by atomic mass is 9.94. The Balaban J connectivity index is 2.18. The number of carbonyl (C=O) groups excluding carboxylic acids is 1. The first-order chi connectivity index (χ1) is 12.1. The SMILES string of the molecule is CCCC1=C(C(=O)OCC)[C@@H](c2ccc(F)c(F)c2)n2nnnc2N1. The zero-order chi connectivity index (χ0) is 18.0. The summed E-state index contributed by atoms with van der Waals surface area (Å²) in [6.07, 6.45) is 1.32. The summed E-state index contributed by atoms with van der Waals surface area (Å²) in [4.78, 5) is 12.6. The normalized spacial score (nSPS) is 16.4. The van der Waals surface area contributed by atoms with Gasteiger partial charge >= 0.3 is 5.97 Å². The van der Waals surface area contributed by atoms with Gasteiger partial charge in [-0.25, -0.2) is 13.6 Å². The molecule has 1 N–H and O–H groups in total. The van der Waals surface area contributed by atoms with Crippen LogP contribution in [0.25, 0.3) is 0 Å². The van der Waals surface area contributed by atoms with Crippen LogP contribution in [0, 0.1) is 11.6 Å². The molecule has 0 radical (unpaired) electrons. The highest BCUT2D eigenvalue weighted by atomic mass is 19.2. The van der Waals surface area contributed by atoms with Crippen molar-refractivity contribution in [3.63, 3.8) is 0 Å². The molecular weight excluding hydrogens is 332 g/mol. The van der Waals surface area contributed by atoms with Crippen molar-refractivity contribution in [3.8, 4) is 0 Å². The molecule has 0 bridgehead atoms. The van der Waals surface area contributed by atoms with Gasteiger partial charge in [0.15, 0.2) is 11.6 Å². The van der Waals surface area contributed by atoms with Gasteiger partial charge in [0.1, 0.15) is 6.04 Å². The first-order valence-electron chi connectivity index (χ1n) is 7.96. The molecule has 1 atom stereocenters. The third kappa shape index (κ3) is 3.09. The Morgan fingerprint density at radius 3 is 2.80 bits per heavy atom. The quantitative estimate of drug-likeness (QED) is 0.836. The van der Waals surface area contributed by atoms with Crippen LogP contribution in [-0.4, -0.2) is 32.8 Å². The fourth-order valence-corrected chi connectivity index (χ4v) is 2.82. The summed E-state index contributed by atoms with van der Waals surface area (Å²) in [7, 11) is 0. The van der Waals surface area contributed by atoms with Gasteiger partial charge in [-0.1, -0.05) is 24.5 Å². The smallest absolute Gasteiger partial charge is 0.338 e. The van der Waals surface area contributed by atoms with Crippen molar-refractivity contribution in [2.45, 2.75) is 32.7 Å². The van der Waals surface area contributed by atoms with E-state index in [4.69, 9.17) is 4.74 Å². The fraction of sp³-hybridized carbons (Fsp3) is 0.375. The number of allylic oxidation sites excluding steroid dienone is 1. The molecule has 0 spiro atoms. The lowest BCUT2D eigenvalue weighted by molar-refractivity contribution is -0.139. The number of esters is 1. The first-order valence-corrected chi connectivity index (χ1v) is 7.96. The van der Waals surface area contributed by atoms with Crippen LogP contribution in [0.5, 0.6) is 0 Å². The molecule has 0 saturated carbocycles. The number of hydrogen-bond acceptors (Lipinski definition) is 6. The number of aromatic nitrogens is 4. The van der Waals surface area contributed by atoms with E-state index in [0.29, 0.717) is 23.6 Å². The zero-order valence-electron chi connectivity index (χ0n) is 13.8. The van der Waals surface area contributed by atoms with Crippen molar-refractivity contribution in [1.29, 1.82) is 0 Å². The Morgan fingerprint density at radius 2 is 2.12 bits per heavy atom. The van der Waals surface area contributed by atoms with E-state index in [0.717, 1.165) is 18.6 Å². The number of nitrogens with zero attached hydrogens (tertiary/aromatic N) is 4. The Kier molecular flexibility index (Phi) is 4.73. The Bertz CT molecular complexity index is 834. The van der Waals surface area contributed by atoms with Gasteiger partial charge in [0.05, 0.1) is 12.2 Å². The molecule has 1 aromatic heterocycles. The van der Waals surface area contributed by atoms with E-state index in [1.165, 1.54) is 10.7 Å². The number of ether oxygens (including phenoxy) is 1. The van der Waals surface area contributed by atoms with Crippen LogP contribution < -0.4 is 5.32 Å². The molecule has 2 aromatic rings. The number of nitrogens with one attached hydrogen (secondary N) is 1. The van der Waals surface area contributed by atoms with Crippen LogP contribution in [0.15, 0.2) is 29.5 Å². The summed E-state index contributed by atoms with van der Waals surface area (Å²) in [6, 6.07) is 2.66. The van der Waals surface area contributed by atoms with E-state index in [1.807, 2.05) is 6.92 Å². The third-order valence-corrected chi connectivity index (χ3v) is 3.85. The number of benzene rings is 1. The zero-order valence-corrected chi connectivity index (χ0v) is 13.8. The van der Waals surface area contributed by atoms with E-state index in [2.05, 4.69) is 20.8 Å². The van der Waals surface area contributed by atoms with Crippen LogP contribution in [0.1, 0.15) is 38.3 Å². The van der Waals surface area contributed by atoms with Crippen LogP contribution in [-0.2, 0) is 9.53 Å². The summed E-state index contributed by atoms with van der Waals surface area (Å²) in [5, 5.41) is 14.4. The highest BCUT2D eigenvalue weighted by Crippen LogP contribution is 2.36. The number of hydrogen-bond donors (Lipinski definition) is 1. The number of tetrazole rings is 1. The van der Waals surface area contributed by atoms with Crippen LogP contribution >= 0.6 is 0 Å². The first kappa shape index (κ1) is 17.0. The molecule has 7 nitrogen and oxygen atoms in total. The molecule has 2 heterocycles. The lowest BCUT2D eigenvalue weighted by Gasteiger charge is -2.28. The van der Waals surface area contributed by atoms with Crippen LogP contribution in [0.2, 0.25) is 0 Å². The molecule has 132 valence electrons. The molecule has 9 heteroatoms. The molecule has 0 saturated heterocycles. The summed E-state index contributed by atoms with van der Waals surface area (Å²) in [5.74, 6) is -2.20. The van der Waals surface area contributed by atoms with Gasteiger partial charge in [-0.15, -0.1) is 0 Å². The molecule has 0 unspecified atom stereocenters. The third-order valence-electron chi connectivity index (χ3n) is 3.85.